The Balaban J connectivity index is 2.17. The summed E-state index contributed by atoms with van der Waals surface area (Å²) in [5.41, 5.74) is -0.422. The number of amides is 1. The van der Waals surface area contributed by atoms with Gasteiger partial charge in [0.2, 0.25) is 11.9 Å². The van der Waals surface area contributed by atoms with Crippen molar-refractivity contribution in [2.75, 3.05) is 17.2 Å². The van der Waals surface area contributed by atoms with Crippen LogP contribution in [0.4, 0.5) is 9.83 Å². The number of halogens is 1. The van der Waals surface area contributed by atoms with Crippen LogP contribution in [0.3, 0.4) is 0 Å². The molecule has 7 nitrogen and oxygen atoms in total. The van der Waals surface area contributed by atoms with Crippen LogP contribution in [-0.4, -0.2) is 36.6 Å². The Hall–Kier alpha value is -1.77. The van der Waals surface area contributed by atoms with E-state index in [1.807, 2.05) is 0 Å². The molecule has 0 aromatic carbocycles. The first kappa shape index (κ1) is 12.7. The molecule has 1 amide bonds. The first-order chi connectivity index (χ1) is 8.35. The molecule has 0 radical (unpaired) electrons. The number of anilines is 1. The molecule has 0 spiro atoms. The third-order valence-corrected chi connectivity index (χ3v) is 3.42. The molecule has 0 bridgehead atoms. The van der Waals surface area contributed by atoms with Crippen molar-refractivity contribution in [1.82, 2.24) is 9.97 Å². The molecule has 1 fully saturated rings. The summed E-state index contributed by atoms with van der Waals surface area (Å²) in [6.07, 6.45) is 1.16. The molecule has 9 heteroatoms. The van der Waals surface area contributed by atoms with E-state index in [1.165, 1.54) is 12.3 Å². The Labute approximate surface area is 102 Å². The maximum Gasteiger partial charge on any atom is 0.302 e. The highest BCUT2D eigenvalue weighted by molar-refractivity contribution is 7.86. The highest BCUT2D eigenvalue weighted by Gasteiger charge is 2.34. The van der Waals surface area contributed by atoms with Gasteiger partial charge in [0.1, 0.15) is 0 Å². The number of nitrogens with zero attached hydrogens (tertiary/aromatic N) is 2. The van der Waals surface area contributed by atoms with E-state index in [0.29, 0.717) is 0 Å². The summed E-state index contributed by atoms with van der Waals surface area (Å²) in [4.78, 5) is 30.0. The molecule has 0 saturated carbocycles. The van der Waals surface area contributed by atoms with Crippen LogP contribution in [0.25, 0.3) is 0 Å². The van der Waals surface area contributed by atoms with Crippen LogP contribution < -0.4 is 10.5 Å². The molecule has 1 aliphatic rings. The lowest BCUT2D eigenvalue weighted by molar-refractivity contribution is -0.117. The van der Waals surface area contributed by atoms with Gasteiger partial charge in [-0.1, -0.05) is 0 Å². The lowest BCUT2D eigenvalue weighted by atomic mass is 10.1. The fourth-order valence-electron chi connectivity index (χ4n) is 1.88. The van der Waals surface area contributed by atoms with E-state index in [4.69, 9.17) is 0 Å². The predicted molar refractivity (Wildman–Crippen MR) is 60.2 cm³/mol. The van der Waals surface area contributed by atoms with E-state index in [0.717, 1.165) is 4.90 Å². The maximum atomic E-state index is 12.5. The summed E-state index contributed by atoms with van der Waals surface area (Å²) >= 11 is 0. The molecule has 2 rings (SSSR count). The second-order valence-electron chi connectivity index (χ2n) is 4.04. The Morgan fingerprint density at radius 3 is 2.83 bits per heavy atom. The van der Waals surface area contributed by atoms with Crippen molar-refractivity contribution in [3.8, 4) is 0 Å². The zero-order chi connectivity index (χ0) is 13.3. The summed E-state index contributed by atoms with van der Waals surface area (Å²) < 4.78 is 33.6. The second-order valence-corrected chi connectivity index (χ2v) is 5.45. The first-order valence-electron chi connectivity index (χ1n) is 5.13. The van der Waals surface area contributed by atoms with Crippen molar-refractivity contribution >= 4 is 22.1 Å². The van der Waals surface area contributed by atoms with Crippen molar-refractivity contribution < 1.29 is 17.1 Å². The Kier molecular flexibility index (Phi) is 3.16. The third-order valence-electron chi connectivity index (χ3n) is 2.55. The zero-order valence-corrected chi connectivity index (χ0v) is 9.98. The first-order valence-corrected chi connectivity index (χ1v) is 6.68. The number of aromatic amines is 1. The Bertz CT molecular complexity index is 627. The number of carbonyl (C=O) groups excluding carboxylic acids is 1. The van der Waals surface area contributed by atoms with Crippen molar-refractivity contribution in [2.24, 2.45) is 5.92 Å². The molecule has 1 saturated heterocycles. The minimum absolute atomic E-state index is 0.0228. The number of aromatic nitrogens is 2. The van der Waals surface area contributed by atoms with E-state index in [2.05, 4.69) is 9.97 Å². The summed E-state index contributed by atoms with van der Waals surface area (Å²) in [7, 11) is -4.62. The van der Waals surface area contributed by atoms with Crippen LogP contribution in [0.2, 0.25) is 0 Å². The molecule has 1 unspecified atom stereocenters. The molecule has 1 aromatic heterocycles. The second kappa shape index (κ2) is 4.48. The van der Waals surface area contributed by atoms with Crippen molar-refractivity contribution in [3.63, 3.8) is 0 Å². The molecule has 18 heavy (non-hydrogen) atoms. The van der Waals surface area contributed by atoms with Gasteiger partial charge in [0.15, 0.2) is 0 Å². The van der Waals surface area contributed by atoms with Gasteiger partial charge in [-0.3, -0.25) is 19.5 Å². The van der Waals surface area contributed by atoms with Crippen LogP contribution in [0, 0.1) is 5.92 Å². The van der Waals surface area contributed by atoms with E-state index in [-0.39, 0.29) is 18.9 Å². The lowest BCUT2D eigenvalue weighted by Crippen LogP contribution is -2.29. The molecule has 2 heterocycles. The zero-order valence-electron chi connectivity index (χ0n) is 9.17. The summed E-state index contributed by atoms with van der Waals surface area (Å²) in [5.74, 6) is -1.67. The van der Waals surface area contributed by atoms with Gasteiger partial charge in [-0.2, -0.15) is 8.42 Å². The third kappa shape index (κ3) is 2.92. The van der Waals surface area contributed by atoms with Gasteiger partial charge >= 0.3 is 10.2 Å². The summed E-state index contributed by atoms with van der Waals surface area (Å²) in [6.45, 7) is 0.0228. The number of H-pyrrole nitrogens is 1. The Morgan fingerprint density at radius 2 is 2.22 bits per heavy atom. The highest BCUT2D eigenvalue weighted by atomic mass is 32.3. The monoisotopic (exact) mass is 275 g/mol. The van der Waals surface area contributed by atoms with Gasteiger partial charge in [0.25, 0.3) is 5.56 Å². The van der Waals surface area contributed by atoms with Gasteiger partial charge in [-0.05, 0) is 0 Å². The predicted octanol–water partition coefficient (Wildman–Crippen LogP) is -0.578. The number of hydrogen-bond acceptors (Lipinski definition) is 5. The van der Waals surface area contributed by atoms with Gasteiger partial charge in [-0.15, -0.1) is 3.89 Å². The van der Waals surface area contributed by atoms with Crippen molar-refractivity contribution in [2.45, 2.75) is 6.42 Å². The van der Waals surface area contributed by atoms with Crippen LogP contribution in [-0.2, 0) is 15.0 Å². The molecule has 0 aliphatic carbocycles. The largest absolute Gasteiger partial charge is 0.302 e. The number of carbonyl (C=O) groups is 1. The van der Waals surface area contributed by atoms with Crippen molar-refractivity contribution in [1.29, 1.82) is 0 Å². The van der Waals surface area contributed by atoms with Crippen LogP contribution in [0.5, 0.6) is 0 Å². The quantitative estimate of drug-likeness (QED) is 0.744. The SMILES string of the molecule is O=C1CC(CS(=O)(=O)F)CN1c1nccc(=O)[nH]1. The van der Waals surface area contributed by atoms with E-state index in [9.17, 15) is 21.9 Å². The number of hydrogen-bond donors (Lipinski definition) is 1. The molecule has 1 atom stereocenters. The summed E-state index contributed by atoms with van der Waals surface area (Å²) in [5, 5.41) is 0. The number of nitrogens with one attached hydrogen (secondary N) is 1. The van der Waals surface area contributed by atoms with Crippen LogP contribution in [0.1, 0.15) is 6.42 Å². The summed E-state index contributed by atoms with van der Waals surface area (Å²) in [6, 6.07) is 1.19. The average molecular weight is 275 g/mol. The lowest BCUT2D eigenvalue weighted by Gasteiger charge is -2.13. The van der Waals surface area contributed by atoms with Crippen LogP contribution in [0.15, 0.2) is 17.1 Å². The number of rotatable bonds is 3. The topological polar surface area (TPSA) is 100 Å². The van der Waals surface area contributed by atoms with Gasteiger partial charge in [-0.25, -0.2) is 4.98 Å². The highest BCUT2D eigenvalue weighted by Crippen LogP contribution is 2.22. The minimum atomic E-state index is -4.62. The molecule has 1 N–H and O–H groups in total. The van der Waals surface area contributed by atoms with Crippen LogP contribution >= 0.6 is 0 Å². The molecular weight excluding hydrogens is 265 g/mol. The van der Waals surface area contributed by atoms with Gasteiger partial charge < -0.3 is 0 Å². The maximum absolute atomic E-state index is 12.5. The average Bonchev–Trinajstić information content (AvgIpc) is 2.56. The van der Waals surface area contributed by atoms with Crippen molar-refractivity contribution in [3.05, 3.63) is 22.6 Å². The fourth-order valence-corrected chi connectivity index (χ4v) is 2.66. The van der Waals surface area contributed by atoms with Gasteiger partial charge in [0, 0.05) is 31.1 Å². The minimum Gasteiger partial charge on any atom is -0.292 e. The van der Waals surface area contributed by atoms with Gasteiger partial charge in [0.05, 0.1) is 5.75 Å². The van der Waals surface area contributed by atoms with E-state index < -0.39 is 33.4 Å². The standard InChI is InChI=1S/C9H10FN3O4S/c10-18(16,17)5-6-3-8(15)13(4-6)9-11-2-1-7(14)12-9/h1-2,6H,3-5H2,(H,11,12,14). The smallest absolute Gasteiger partial charge is 0.292 e. The fraction of sp³-hybridized carbons (Fsp3) is 0.444. The molecule has 1 aromatic rings. The Morgan fingerprint density at radius 1 is 1.50 bits per heavy atom. The molecule has 1 aliphatic heterocycles. The van der Waals surface area contributed by atoms with E-state index in [1.54, 1.807) is 0 Å². The molecule has 98 valence electrons. The molecular formula is C9H10FN3O4S. The normalized spacial score (nSPS) is 20.4. The van der Waals surface area contributed by atoms with E-state index >= 15 is 0 Å².